The Kier molecular flexibility index (Phi) is 3.53. The Morgan fingerprint density at radius 2 is 2.25 bits per heavy atom. The third kappa shape index (κ3) is 2.76. The van der Waals surface area contributed by atoms with Gasteiger partial charge in [-0.2, -0.15) is 0 Å². The summed E-state index contributed by atoms with van der Waals surface area (Å²) in [6.45, 7) is 4.03. The van der Waals surface area contributed by atoms with Gasteiger partial charge in [-0.1, -0.05) is 40.5 Å². The molecule has 1 aromatic heterocycles. The molecule has 0 saturated carbocycles. The number of aromatic nitrogens is 1. The zero-order valence-electron chi connectivity index (χ0n) is 7.14. The van der Waals surface area contributed by atoms with Crippen LogP contribution < -0.4 is 0 Å². The first kappa shape index (κ1) is 10.0. The summed E-state index contributed by atoms with van der Waals surface area (Å²) in [6, 6.07) is 4.01. The largest absolute Gasteiger partial charge is 0.241 e. The van der Waals surface area contributed by atoms with Crippen molar-refractivity contribution in [3.8, 4) is 0 Å². The van der Waals surface area contributed by atoms with Gasteiger partial charge in [0.1, 0.15) is 5.15 Å². The normalized spacial score (nSPS) is 13.0. The molecule has 0 spiro atoms. The van der Waals surface area contributed by atoms with Crippen LogP contribution >= 0.6 is 27.5 Å². The van der Waals surface area contributed by atoms with Gasteiger partial charge in [0.05, 0.1) is 0 Å². The highest BCUT2D eigenvalue weighted by Gasteiger charge is 2.04. The van der Waals surface area contributed by atoms with Gasteiger partial charge in [-0.05, 0) is 25.0 Å². The molecule has 1 atom stereocenters. The van der Waals surface area contributed by atoms with Gasteiger partial charge in [0.15, 0.2) is 0 Å². The average molecular weight is 249 g/mol. The van der Waals surface area contributed by atoms with Gasteiger partial charge in [0.25, 0.3) is 0 Å². The van der Waals surface area contributed by atoms with E-state index in [0.717, 1.165) is 17.7 Å². The number of rotatable bonds is 2. The van der Waals surface area contributed by atoms with E-state index in [1.807, 2.05) is 19.1 Å². The van der Waals surface area contributed by atoms with Gasteiger partial charge >= 0.3 is 0 Å². The second kappa shape index (κ2) is 4.24. The lowest BCUT2D eigenvalue weighted by Crippen LogP contribution is -1.98. The van der Waals surface area contributed by atoms with Crippen LogP contribution in [0.15, 0.2) is 12.1 Å². The molecule has 0 N–H and O–H groups in total. The molecule has 1 heterocycles. The number of hydrogen-bond donors (Lipinski definition) is 0. The molecule has 0 aromatic carbocycles. The van der Waals surface area contributed by atoms with Gasteiger partial charge in [0.2, 0.25) is 0 Å². The lowest BCUT2D eigenvalue weighted by atomic mass is 10.1. The number of aryl methyl sites for hydroxylation is 1. The molecule has 3 heteroatoms. The summed E-state index contributed by atoms with van der Waals surface area (Å²) in [7, 11) is 0. The molecule has 0 radical (unpaired) electrons. The van der Waals surface area contributed by atoms with E-state index in [2.05, 4.69) is 27.8 Å². The maximum absolute atomic E-state index is 5.94. The first-order valence-corrected chi connectivity index (χ1v) is 5.15. The summed E-state index contributed by atoms with van der Waals surface area (Å²) in [5.74, 6) is 0. The Labute approximate surface area is 86.3 Å². The van der Waals surface area contributed by atoms with Crippen LogP contribution in [0.2, 0.25) is 5.15 Å². The fraction of sp³-hybridized carbons (Fsp3) is 0.444. The predicted octanol–water partition coefficient (Wildman–Crippen LogP) is 3.37. The highest BCUT2D eigenvalue weighted by molar-refractivity contribution is 9.09. The SMILES string of the molecule is Cc1ccc(CC(C)Br)c(Cl)n1. The van der Waals surface area contributed by atoms with Crippen LogP contribution in [-0.2, 0) is 6.42 Å². The van der Waals surface area contributed by atoms with Crippen molar-refractivity contribution < 1.29 is 0 Å². The van der Waals surface area contributed by atoms with Crippen molar-refractivity contribution in [3.05, 3.63) is 28.5 Å². The zero-order chi connectivity index (χ0) is 9.14. The van der Waals surface area contributed by atoms with E-state index in [1.165, 1.54) is 0 Å². The topological polar surface area (TPSA) is 12.9 Å². The second-order valence-electron chi connectivity index (χ2n) is 2.89. The van der Waals surface area contributed by atoms with E-state index in [1.54, 1.807) is 0 Å². The fourth-order valence-electron chi connectivity index (χ4n) is 1.01. The molecule has 1 aromatic rings. The zero-order valence-corrected chi connectivity index (χ0v) is 9.48. The summed E-state index contributed by atoms with van der Waals surface area (Å²) in [6.07, 6.45) is 0.923. The summed E-state index contributed by atoms with van der Waals surface area (Å²) >= 11 is 9.42. The highest BCUT2D eigenvalue weighted by atomic mass is 79.9. The Morgan fingerprint density at radius 1 is 1.58 bits per heavy atom. The standard InChI is InChI=1S/C9H11BrClN/c1-6(10)5-8-4-3-7(2)12-9(8)11/h3-4,6H,5H2,1-2H3. The van der Waals surface area contributed by atoms with Crippen molar-refractivity contribution in [1.29, 1.82) is 0 Å². The van der Waals surface area contributed by atoms with Crippen LogP contribution in [0.25, 0.3) is 0 Å². The molecule has 0 amide bonds. The van der Waals surface area contributed by atoms with Crippen LogP contribution in [0.3, 0.4) is 0 Å². The van der Waals surface area contributed by atoms with E-state index in [-0.39, 0.29) is 0 Å². The Balaban J connectivity index is 2.86. The van der Waals surface area contributed by atoms with Crippen LogP contribution in [0, 0.1) is 6.92 Å². The smallest absolute Gasteiger partial charge is 0.132 e. The minimum atomic E-state index is 0.444. The molecule has 0 fully saturated rings. The monoisotopic (exact) mass is 247 g/mol. The fourth-order valence-corrected chi connectivity index (χ4v) is 1.63. The van der Waals surface area contributed by atoms with Gasteiger partial charge in [-0.15, -0.1) is 0 Å². The lowest BCUT2D eigenvalue weighted by molar-refractivity contribution is 0.945. The van der Waals surface area contributed by atoms with Crippen LogP contribution in [0.1, 0.15) is 18.2 Å². The third-order valence-electron chi connectivity index (χ3n) is 1.57. The van der Waals surface area contributed by atoms with E-state index in [9.17, 15) is 0 Å². The number of pyridine rings is 1. The first-order valence-electron chi connectivity index (χ1n) is 3.85. The molecule has 0 saturated heterocycles. The van der Waals surface area contributed by atoms with Gasteiger partial charge in [-0.25, -0.2) is 4.98 Å². The Morgan fingerprint density at radius 3 is 2.75 bits per heavy atom. The second-order valence-corrected chi connectivity index (χ2v) is 4.81. The maximum atomic E-state index is 5.94. The summed E-state index contributed by atoms with van der Waals surface area (Å²) in [5.41, 5.74) is 2.07. The van der Waals surface area contributed by atoms with E-state index >= 15 is 0 Å². The number of alkyl halides is 1. The van der Waals surface area contributed by atoms with Crippen molar-refractivity contribution in [2.45, 2.75) is 25.1 Å². The summed E-state index contributed by atoms with van der Waals surface area (Å²) in [5, 5.41) is 0.626. The maximum Gasteiger partial charge on any atom is 0.132 e. The molecule has 1 rings (SSSR count). The molecule has 0 aliphatic heterocycles. The van der Waals surface area contributed by atoms with Gasteiger partial charge in [0, 0.05) is 10.5 Å². The summed E-state index contributed by atoms with van der Waals surface area (Å²) in [4.78, 5) is 4.62. The van der Waals surface area contributed by atoms with Gasteiger partial charge in [-0.3, -0.25) is 0 Å². The molecule has 0 bridgehead atoms. The van der Waals surface area contributed by atoms with Crippen LogP contribution in [0.4, 0.5) is 0 Å². The number of nitrogens with zero attached hydrogens (tertiary/aromatic N) is 1. The lowest BCUT2D eigenvalue weighted by Gasteiger charge is -2.05. The first-order chi connectivity index (χ1) is 5.59. The molecule has 12 heavy (non-hydrogen) atoms. The molecule has 66 valence electrons. The number of hydrogen-bond acceptors (Lipinski definition) is 1. The molecule has 1 unspecified atom stereocenters. The van der Waals surface area contributed by atoms with Crippen LogP contribution in [0.5, 0.6) is 0 Å². The Hall–Kier alpha value is -0.0800. The van der Waals surface area contributed by atoms with E-state index < -0.39 is 0 Å². The molecule has 0 aliphatic carbocycles. The predicted molar refractivity (Wildman–Crippen MR) is 56.1 cm³/mol. The molecular formula is C9H11BrClN. The molecule has 0 aliphatic rings. The van der Waals surface area contributed by atoms with E-state index in [0.29, 0.717) is 9.98 Å². The van der Waals surface area contributed by atoms with Crippen molar-refractivity contribution >= 4 is 27.5 Å². The van der Waals surface area contributed by atoms with Crippen molar-refractivity contribution in [2.24, 2.45) is 0 Å². The third-order valence-corrected chi connectivity index (χ3v) is 2.22. The van der Waals surface area contributed by atoms with E-state index in [4.69, 9.17) is 11.6 Å². The number of halogens is 2. The minimum absolute atomic E-state index is 0.444. The van der Waals surface area contributed by atoms with Crippen molar-refractivity contribution in [1.82, 2.24) is 4.98 Å². The summed E-state index contributed by atoms with van der Waals surface area (Å²) < 4.78 is 0. The molecule has 1 nitrogen and oxygen atoms in total. The average Bonchev–Trinajstić information content (AvgIpc) is 1.94. The minimum Gasteiger partial charge on any atom is -0.241 e. The Bertz CT molecular complexity index is 273. The van der Waals surface area contributed by atoms with Crippen molar-refractivity contribution in [3.63, 3.8) is 0 Å². The molecular weight excluding hydrogens is 237 g/mol. The quantitative estimate of drug-likeness (QED) is 0.578. The van der Waals surface area contributed by atoms with Crippen LogP contribution in [-0.4, -0.2) is 9.81 Å². The highest BCUT2D eigenvalue weighted by Crippen LogP contribution is 2.17. The van der Waals surface area contributed by atoms with Crippen molar-refractivity contribution in [2.75, 3.05) is 0 Å². The van der Waals surface area contributed by atoms with Gasteiger partial charge < -0.3 is 0 Å².